The predicted octanol–water partition coefficient (Wildman–Crippen LogP) is 20.8. The lowest BCUT2D eigenvalue weighted by Crippen LogP contribution is -2.30. The van der Waals surface area contributed by atoms with Crippen LogP contribution in [0.4, 0.5) is 0 Å². The van der Waals surface area contributed by atoms with Gasteiger partial charge < -0.3 is 14.2 Å². The van der Waals surface area contributed by atoms with Gasteiger partial charge in [-0.1, -0.05) is 244 Å². The van der Waals surface area contributed by atoms with Gasteiger partial charge >= 0.3 is 17.9 Å². The Balaban J connectivity index is 4.38. The van der Waals surface area contributed by atoms with Crippen molar-refractivity contribution in [2.24, 2.45) is 0 Å². The third-order valence-corrected chi connectivity index (χ3v) is 12.3. The molecule has 0 aliphatic rings. The van der Waals surface area contributed by atoms with Crippen LogP contribution in [0.2, 0.25) is 0 Å². The van der Waals surface area contributed by atoms with Crippen LogP contribution in [0.25, 0.3) is 0 Å². The zero-order chi connectivity index (χ0) is 54.3. The Morgan fingerprint density at radius 1 is 0.267 bits per heavy atom. The number of ether oxygens (including phenoxy) is 3. The summed E-state index contributed by atoms with van der Waals surface area (Å²) in [4.78, 5) is 38.2. The second-order valence-corrected chi connectivity index (χ2v) is 19.5. The van der Waals surface area contributed by atoms with Gasteiger partial charge in [0.25, 0.3) is 0 Å². The minimum Gasteiger partial charge on any atom is -0.462 e. The summed E-state index contributed by atoms with van der Waals surface area (Å²) in [6, 6.07) is 0. The van der Waals surface area contributed by atoms with E-state index in [1.807, 2.05) is 0 Å². The molecule has 0 aromatic heterocycles. The number of esters is 3. The molecule has 0 bridgehead atoms. The van der Waals surface area contributed by atoms with Crippen LogP contribution >= 0.6 is 0 Å². The third kappa shape index (κ3) is 60.0. The van der Waals surface area contributed by atoms with Crippen LogP contribution in [0.3, 0.4) is 0 Å². The van der Waals surface area contributed by atoms with E-state index in [1.54, 1.807) is 0 Å². The number of carbonyl (C=O) groups is 3. The Morgan fingerprint density at radius 2 is 0.480 bits per heavy atom. The molecule has 0 heterocycles. The summed E-state index contributed by atoms with van der Waals surface area (Å²) < 4.78 is 16.8. The molecule has 1 atom stereocenters. The zero-order valence-corrected chi connectivity index (χ0v) is 48.3. The Morgan fingerprint density at radius 3 is 0.773 bits per heavy atom. The molecule has 422 valence electrons. The van der Waals surface area contributed by atoms with Crippen LogP contribution in [-0.2, 0) is 28.6 Å². The number of unbranched alkanes of at least 4 members (excludes halogenated alkanes) is 18. The summed E-state index contributed by atoms with van der Waals surface area (Å²) in [6.45, 7) is 6.24. The van der Waals surface area contributed by atoms with Crippen molar-refractivity contribution in [3.63, 3.8) is 0 Å². The molecule has 0 aromatic rings. The molecule has 0 aliphatic carbocycles. The van der Waals surface area contributed by atoms with Gasteiger partial charge in [-0.3, -0.25) is 14.4 Å². The van der Waals surface area contributed by atoms with Crippen molar-refractivity contribution in [3.05, 3.63) is 146 Å². The maximum atomic E-state index is 12.9. The number of carbonyl (C=O) groups excluding carboxylic acids is 3. The van der Waals surface area contributed by atoms with E-state index in [1.165, 1.54) is 57.8 Å². The predicted molar refractivity (Wildman–Crippen MR) is 325 cm³/mol. The first-order chi connectivity index (χ1) is 37.0. The van der Waals surface area contributed by atoms with Crippen molar-refractivity contribution in [2.75, 3.05) is 13.2 Å². The van der Waals surface area contributed by atoms with Gasteiger partial charge in [-0.05, 0) is 135 Å². The van der Waals surface area contributed by atoms with E-state index in [4.69, 9.17) is 14.2 Å². The summed E-state index contributed by atoms with van der Waals surface area (Å²) in [7, 11) is 0. The monoisotopic (exact) mass is 1030 g/mol. The van der Waals surface area contributed by atoms with Crippen molar-refractivity contribution in [2.45, 2.75) is 258 Å². The topological polar surface area (TPSA) is 78.9 Å². The van der Waals surface area contributed by atoms with Crippen LogP contribution < -0.4 is 0 Å². The fraction of sp³-hybridized carbons (Fsp3) is 0.609. The van der Waals surface area contributed by atoms with Crippen LogP contribution in [0.15, 0.2) is 146 Å². The molecule has 6 heteroatoms. The van der Waals surface area contributed by atoms with Crippen molar-refractivity contribution >= 4 is 17.9 Å². The normalized spacial score (nSPS) is 13.2. The molecule has 0 aromatic carbocycles. The molecule has 0 radical (unpaired) electrons. The molecular formula is C69H110O6. The third-order valence-electron chi connectivity index (χ3n) is 12.3. The summed E-state index contributed by atoms with van der Waals surface area (Å²) in [5.41, 5.74) is 0. The summed E-state index contributed by atoms with van der Waals surface area (Å²) in [5, 5.41) is 0. The summed E-state index contributed by atoms with van der Waals surface area (Å²) >= 11 is 0. The van der Waals surface area contributed by atoms with E-state index in [0.29, 0.717) is 19.3 Å². The molecule has 75 heavy (non-hydrogen) atoms. The fourth-order valence-electron chi connectivity index (χ4n) is 7.89. The van der Waals surface area contributed by atoms with Crippen molar-refractivity contribution in [3.8, 4) is 0 Å². The number of hydrogen-bond acceptors (Lipinski definition) is 6. The molecule has 0 spiro atoms. The number of hydrogen-bond donors (Lipinski definition) is 0. The first-order valence-corrected chi connectivity index (χ1v) is 30.3. The lowest BCUT2D eigenvalue weighted by atomic mass is 10.0. The highest BCUT2D eigenvalue weighted by Gasteiger charge is 2.19. The van der Waals surface area contributed by atoms with E-state index < -0.39 is 6.10 Å². The van der Waals surface area contributed by atoms with Crippen LogP contribution in [0.5, 0.6) is 0 Å². The Labute approximate surface area is 461 Å². The maximum absolute atomic E-state index is 12.9. The molecular weight excluding hydrogens is 925 g/mol. The molecule has 0 amide bonds. The Bertz CT molecular complexity index is 1660. The lowest BCUT2D eigenvalue weighted by molar-refractivity contribution is -0.167. The zero-order valence-electron chi connectivity index (χ0n) is 48.3. The van der Waals surface area contributed by atoms with E-state index in [-0.39, 0.29) is 37.5 Å². The van der Waals surface area contributed by atoms with Gasteiger partial charge in [0.15, 0.2) is 6.10 Å². The molecule has 0 saturated carbocycles. The lowest BCUT2D eigenvalue weighted by Gasteiger charge is -2.18. The van der Waals surface area contributed by atoms with Crippen molar-refractivity contribution in [1.29, 1.82) is 0 Å². The fourth-order valence-corrected chi connectivity index (χ4v) is 7.89. The number of rotatable bonds is 53. The van der Waals surface area contributed by atoms with E-state index in [9.17, 15) is 14.4 Å². The van der Waals surface area contributed by atoms with Crippen LogP contribution in [-0.4, -0.2) is 37.2 Å². The van der Waals surface area contributed by atoms with E-state index >= 15 is 0 Å². The highest BCUT2D eigenvalue weighted by Crippen LogP contribution is 2.15. The van der Waals surface area contributed by atoms with Crippen LogP contribution in [0, 0.1) is 0 Å². The van der Waals surface area contributed by atoms with E-state index in [2.05, 4.69) is 167 Å². The molecule has 6 nitrogen and oxygen atoms in total. The SMILES string of the molecule is CC/C=C\C/C=C\C/C=C\C/C=C\C/C=C\CCCCCCCCCCCCCC(=O)OCC(COC(=O)CCCCCCC/C=C\C/C=C\C/C=C\CC)OC(=O)CCCC/C=C\C/C=C\C/C=C\C/C=C\CC. The quantitative estimate of drug-likeness (QED) is 0.0261. The van der Waals surface area contributed by atoms with Crippen LogP contribution in [0.1, 0.15) is 252 Å². The van der Waals surface area contributed by atoms with Gasteiger partial charge in [0.2, 0.25) is 0 Å². The van der Waals surface area contributed by atoms with Gasteiger partial charge in [0, 0.05) is 19.3 Å². The van der Waals surface area contributed by atoms with Gasteiger partial charge in [-0.15, -0.1) is 0 Å². The standard InChI is InChI=1S/C69H110O6/c1-4-7-10-13-16-19-22-25-28-29-30-31-32-33-34-35-36-37-38-39-42-44-47-50-53-56-59-62-68(71)74-65-66(75-69(72)63-60-57-54-51-48-45-41-27-24-21-18-15-12-9-6-3)64-73-67(70)61-58-55-52-49-46-43-40-26-23-20-17-14-11-8-5-2/h7-12,16-21,25-28,30-31,33-34,40-41,48,51,66H,4-6,13-15,22-24,29,32,35-39,42-47,49-50,52-65H2,1-3H3/b10-7-,11-8-,12-9-,19-16-,20-17-,21-18-,28-25-,31-30-,34-33-,40-26-,41-27-,51-48-. The molecule has 0 N–H and O–H groups in total. The second-order valence-electron chi connectivity index (χ2n) is 19.5. The maximum Gasteiger partial charge on any atom is 0.306 e. The second kappa shape index (κ2) is 61.8. The first-order valence-electron chi connectivity index (χ1n) is 30.3. The molecule has 0 saturated heterocycles. The van der Waals surface area contributed by atoms with Gasteiger partial charge in [-0.25, -0.2) is 0 Å². The van der Waals surface area contributed by atoms with Gasteiger partial charge in [0.1, 0.15) is 13.2 Å². The molecule has 0 rings (SSSR count). The average Bonchev–Trinajstić information content (AvgIpc) is 3.41. The molecule has 0 aliphatic heterocycles. The van der Waals surface area contributed by atoms with E-state index in [0.717, 1.165) is 148 Å². The van der Waals surface area contributed by atoms with Gasteiger partial charge in [0.05, 0.1) is 0 Å². The minimum absolute atomic E-state index is 0.107. The summed E-state index contributed by atoms with van der Waals surface area (Å²) in [6.07, 6.45) is 88.5. The molecule has 0 fully saturated rings. The highest BCUT2D eigenvalue weighted by molar-refractivity contribution is 5.71. The van der Waals surface area contributed by atoms with Crippen molar-refractivity contribution in [1.82, 2.24) is 0 Å². The molecule has 1 unspecified atom stereocenters. The van der Waals surface area contributed by atoms with Crippen molar-refractivity contribution < 1.29 is 28.6 Å². The first kappa shape index (κ1) is 70.3. The minimum atomic E-state index is -0.815. The average molecular weight is 1040 g/mol. The highest BCUT2D eigenvalue weighted by atomic mass is 16.6. The van der Waals surface area contributed by atoms with Gasteiger partial charge in [-0.2, -0.15) is 0 Å². The Kier molecular flexibility index (Phi) is 58.0. The largest absolute Gasteiger partial charge is 0.462 e. The summed E-state index contributed by atoms with van der Waals surface area (Å²) in [5.74, 6) is -0.973. The number of allylic oxidation sites excluding steroid dienone is 24. The smallest absolute Gasteiger partial charge is 0.306 e. The Hall–Kier alpha value is -4.71.